The average molecular weight is 434 g/mol. The molecule has 0 radical (unpaired) electrons. The molecule has 0 atom stereocenters. The fraction of sp³-hybridized carbons (Fsp3) is 0.615. The summed E-state index contributed by atoms with van der Waals surface area (Å²) in [7, 11) is 0. The number of hydrogen-bond acceptors (Lipinski definition) is 2. The Hall–Kier alpha value is -1.75. The van der Waals surface area contributed by atoms with E-state index in [0.717, 1.165) is 43.1 Å². The summed E-state index contributed by atoms with van der Waals surface area (Å²) in [5, 5.41) is 0.714. The molecule has 0 bridgehead atoms. The summed E-state index contributed by atoms with van der Waals surface area (Å²) >= 11 is 0. The van der Waals surface area contributed by atoms with Gasteiger partial charge < -0.3 is 10.5 Å². The van der Waals surface area contributed by atoms with Crippen LogP contribution in [0, 0.1) is 11.8 Å². The van der Waals surface area contributed by atoms with Gasteiger partial charge in [-0.15, -0.1) is 0 Å². The lowest BCUT2D eigenvalue weighted by atomic mass is 9.73. The Bertz CT molecular complexity index is 901. The minimum Gasteiger partial charge on any atom is -0.490 e. The van der Waals surface area contributed by atoms with Crippen LogP contribution in [-0.2, 0) is 11.7 Å². The summed E-state index contributed by atoms with van der Waals surface area (Å²) < 4.78 is 48.2. The monoisotopic (exact) mass is 433 g/mol. The third-order valence-corrected chi connectivity index (χ3v) is 7.34. The highest BCUT2D eigenvalue weighted by atomic mass is 19.4. The summed E-state index contributed by atoms with van der Waals surface area (Å²) in [6.45, 7) is 3.69. The van der Waals surface area contributed by atoms with E-state index in [1.54, 1.807) is 18.2 Å². The minimum absolute atomic E-state index is 0.0409. The van der Waals surface area contributed by atoms with Gasteiger partial charge in [-0.25, -0.2) is 0 Å². The number of alkyl halides is 3. The zero-order valence-electron chi connectivity index (χ0n) is 18.6. The molecule has 2 nitrogen and oxygen atoms in total. The Morgan fingerprint density at radius 3 is 2.10 bits per heavy atom. The molecule has 2 saturated carbocycles. The van der Waals surface area contributed by atoms with Gasteiger partial charge >= 0.3 is 6.18 Å². The summed E-state index contributed by atoms with van der Waals surface area (Å²) in [5.74, 6) is 1.49. The maximum atomic E-state index is 14.1. The molecule has 2 aliphatic carbocycles. The summed E-state index contributed by atoms with van der Waals surface area (Å²) in [6.07, 6.45) is 5.86. The molecule has 0 spiro atoms. The van der Waals surface area contributed by atoms with E-state index in [1.807, 2.05) is 13.8 Å². The molecule has 170 valence electrons. The average Bonchev–Trinajstić information content (AvgIpc) is 2.73. The van der Waals surface area contributed by atoms with E-state index in [9.17, 15) is 13.2 Å². The van der Waals surface area contributed by atoms with E-state index < -0.39 is 17.3 Å². The van der Waals surface area contributed by atoms with Crippen molar-refractivity contribution in [1.82, 2.24) is 0 Å². The zero-order valence-corrected chi connectivity index (χ0v) is 18.6. The van der Waals surface area contributed by atoms with Crippen LogP contribution >= 0.6 is 0 Å². The molecule has 0 aliphatic heterocycles. The van der Waals surface area contributed by atoms with Crippen molar-refractivity contribution < 1.29 is 17.9 Å². The first kappa shape index (κ1) is 22.4. The molecule has 5 heteroatoms. The smallest absolute Gasteiger partial charge is 0.420 e. The van der Waals surface area contributed by atoms with E-state index in [4.69, 9.17) is 10.5 Å². The van der Waals surface area contributed by atoms with Gasteiger partial charge in [0.25, 0.3) is 0 Å². The molecular formula is C26H34F3NO. The van der Waals surface area contributed by atoms with Gasteiger partial charge in [-0.1, -0.05) is 50.3 Å². The number of halogens is 3. The number of nitrogens with two attached hydrogens (primary N) is 1. The van der Waals surface area contributed by atoms with Gasteiger partial charge in [0, 0.05) is 5.54 Å². The van der Waals surface area contributed by atoms with Crippen LogP contribution in [0.15, 0.2) is 30.3 Å². The number of hydrogen-bond donors (Lipinski definition) is 1. The lowest BCUT2D eigenvalue weighted by molar-refractivity contribution is -0.138. The van der Waals surface area contributed by atoms with Crippen LogP contribution in [0.5, 0.6) is 5.75 Å². The summed E-state index contributed by atoms with van der Waals surface area (Å²) in [4.78, 5) is 0. The number of benzene rings is 2. The summed E-state index contributed by atoms with van der Waals surface area (Å²) in [6, 6.07) is 8.20. The van der Waals surface area contributed by atoms with Crippen LogP contribution in [0.1, 0.15) is 82.8 Å². The highest BCUT2D eigenvalue weighted by molar-refractivity contribution is 5.89. The topological polar surface area (TPSA) is 35.2 Å². The van der Waals surface area contributed by atoms with Gasteiger partial charge in [-0.2, -0.15) is 13.2 Å². The third kappa shape index (κ3) is 5.02. The van der Waals surface area contributed by atoms with Crippen molar-refractivity contribution in [2.75, 3.05) is 0 Å². The number of ether oxygens (including phenoxy) is 1. The largest absolute Gasteiger partial charge is 0.490 e. The Labute approximate surface area is 183 Å². The maximum absolute atomic E-state index is 14.1. The second kappa shape index (κ2) is 8.65. The maximum Gasteiger partial charge on any atom is 0.420 e. The molecule has 2 aromatic carbocycles. The van der Waals surface area contributed by atoms with E-state index >= 15 is 0 Å². The molecule has 2 aromatic rings. The molecule has 0 heterocycles. The Morgan fingerprint density at radius 2 is 1.48 bits per heavy atom. The van der Waals surface area contributed by atoms with Gasteiger partial charge in [0.2, 0.25) is 0 Å². The predicted molar refractivity (Wildman–Crippen MR) is 119 cm³/mol. The molecule has 0 amide bonds. The first-order valence-corrected chi connectivity index (χ1v) is 11.7. The molecule has 0 unspecified atom stereocenters. The highest BCUT2D eigenvalue weighted by Crippen LogP contribution is 2.44. The fourth-order valence-corrected chi connectivity index (χ4v) is 5.56. The van der Waals surface area contributed by atoms with Gasteiger partial charge in [0.15, 0.2) is 0 Å². The van der Waals surface area contributed by atoms with E-state index in [1.165, 1.54) is 44.2 Å². The lowest BCUT2D eigenvalue weighted by Gasteiger charge is -2.36. The number of rotatable bonds is 4. The molecule has 0 aromatic heterocycles. The van der Waals surface area contributed by atoms with Crippen LogP contribution in [0.2, 0.25) is 0 Å². The fourth-order valence-electron chi connectivity index (χ4n) is 5.56. The second-order valence-electron chi connectivity index (χ2n) is 10.1. The van der Waals surface area contributed by atoms with Crippen LogP contribution in [0.4, 0.5) is 13.2 Å². The van der Waals surface area contributed by atoms with Crippen LogP contribution in [-0.4, -0.2) is 6.10 Å². The van der Waals surface area contributed by atoms with E-state index in [0.29, 0.717) is 5.39 Å². The van der Waals surface area contributed by atoms with Crippen molar-refractivity contribution in [1.29, 1.82) is 0 Å². The molecular weight excluding hydrogens is 399 g/mol. The van der Waals surface area contributed by atoms with Gasteiger partial charge in [-0.3, -0.25) is 0 Å². The standard InChI is InChI=1S/C26H34F3NO/c1-25(2,30)20-11-14-22-19(16-20)10-15-23(24(22)26(27,28)29)31-21-12-8-18(9-13-21)17-6-4-3-5-7-17/h10-11,14-18,21H,3-9,12-13,30H2,1-2H3/t18-,21-. The molecule has 2 fully saturated rings. The zero-order chi connectivity index (χ0) is 22.2. The van der Waals surface area contributed by atoms with Crippen LogP contribution < -0.4 is 10.5 Å². The van der Waals surface area contributed by atoms with Gasteiger partial charge in [-0.05, 0) is 79.8 Å². The number of fused-ring (bicyclic) bond motifs is 1. The van der Waals surface area contributed by atoms with Crippen molar-refractivity contribution in [2.24, 2.45) is 17.6 Å². The molecule has 0 saturated heterocycles. The van der Waals surface area contributed by atoms with E-state index in [-0.39, 0.29) is 17.2 Å². The quantitative estimate of drug-likeness (QED) is 0.540. The minimum atomic E-state index is -4.48. The Morgan fingerprint density at radius 1 is 0.839 bits per heavy atom. The Balaban J connectivity index is 1.55. The molecule has 31 heavy (non-hydrogen) atoms. The van der Waals surface area contributed by atoms with E-state index in [2.05, 4.69) is 0 Å². The van der Waals surface area contributed by atoms with Crippen molar-refractivity contribution >= 4 is 10.8 Å². The molecule has 2 aliphatic rings. The van der Waals surface area contributed by atoms with Crippen LogP contribution in [0.25, 0.3) is 10.8 Å². The van der Waals surface area contributed by atoms with Crippen molar-refractivity contribution in [3.8, 4) is 5.75 Å². The Kier molecular flexibility index (Phi) is 6.26. The predicted octanol–water partition coefficient (Wildman–Crippen LogP) is 7.57. The first-order chi connectivity index (χ1) is 14.6. The van der Waals surface area contributed by atoms with Gasteiger partial charge in [0.05, 0.1) is 6.10 Å². The lowest BCUT2D eigenvalue weighted by Crippen LogP contribution is -2.29. The van der Waals surface area contributed by atoms with Crippen LogP contribution in [0.3, 0.4) is 0 Å². The summed E-state index contributed by atoms with van der Waals surface area (Å²) in [5.41, 5.74) is 5.67. The SMILES string of the molecule is CC(C)(N)c1ccc2c(C(F)(F)F)c(O[C@H]3CC[C@H](C4CCCCC4)CC3)ccc2c1. The third-order valence-electron chi connectivity index (χ3n) is 7.34. The molecule has 2 N–H and O–H groups in total. The highest BCUT2D eigenvalue weighted by Gasteiger charge is 2.38. The van der Waals surface area contributed by atoms with Crippen molar-refractivity contribution in [3.63, 3.8) is 0 Å². The normalized spacial score (nSPS) is 23.8. The molecule has 4 rings (SSSR count). The second-order valence-corrected chi connectivity index (χ2v) is 10.1. The first-order valence-electron chi connectivity index (χ1n) is 11.7. The van der Waals surface area contributed by atoms with Gasteiger partial charge in [0.1, 0.15) is 11.3 Å². The van der Waals surface area contributed by atoms with Crippen molar-refractivity contribution in [2.45, 2.75) is 89.5 Å². The van der Waals surface area contributed by atoms with Crippen molar-refractivity contribution in [3.05, 3.63) is 41.5 Å².